The van der Waals surface area contributed by atoms with Crippen molar-refractivity contribution in [1.29, 1.82) is 0 Å². The number of piperidine rings is 1. The SMILES string of the molecule is CCN(CC(=O)O)C1CCN(Cc2ccc(OC)c(Cl)c2)CC1. The summed E-state index contributed by atoms with van der Waals surface area (Å²) in [7, 11) is 1.61. The summed E-state index contributed by atoms with van der Waals surface area (Å²) in [6, 6.07) is 6.26. The Labute approximate surface area is 142 Å². The topological polar surface area (TPSA) is 53.0 Å². The number of aliphatic carboxylic acids is 1. The van der Waals surface area contributed by atoms with Gasteiger partial charge in [-0.25, -0.2) is 0 Å². The van der Waals surface area contributed by atoms with Gasteiger partial charge < -0.3 is 9.84 Å². The first-order valence-electron chi connectivity index (χ1n) is 8.04. The fourth-order valence-corrected chi connectivity index (χ4v) is 3.46. The zero-order chi connectivity index (χ0) is 16.8. The van der Waals surface area contributed by atoms with Gasteiger partial charge in [-0.2, -0.15) is 0 Å². The van der Waals surface area contributed by atoms with E-state index >= 15 is 0 Å². The number of carbonyl (C=O) groups is 1. The van der Waals surface area contributed by atoms with E-state index in [9.17, 15) is 4.79 Å². The maximum absolute atomic E-state index is 10.9. The molecule has 0 radical (unpaired) electrons. The molecule has 1 aromatic rings. The summed E-state index contributed by atoms with van der Waals surface area (Å²) < 4.78 is 5.18. The lowest BCUT2D eigenvalue weighted by molar-refractivity contribution is -0.139. The van der Waals surface area contributed by atoms with E-state index in [1.165, 1.54) is 5.56 Å². The van der Waals surface area contributed by atoms with Crippen molar-refractivity contribution in [2.24, 2.45) is 0 Å². The van der Waals surface area contributed by atoms with E-state index < -0.39 is 5.97 Å². The Hall–Kier alpha value is -1.30. The Morgan fingerprint density at radius 3 is 2.65 bits per heavy atom. The van der Waals surface area contributed by atoms with E-state index in [0.717, 1.165) is 39.0 Å². The molecule has 0 saturated carbocycles. The molecule has 1 heterocycles. The van der Waals surface area contributed by atoms with Crippen molar-refractivity contribution in [2.75, 3.05) is 33.3 Å². The fraction of sp³-hybridized carbons (Fsp3) is 0.588. The number of methoxy groups -OCH3 is 1. The predicted octanol–water partition coefficient (Wildman–Crippen LogP) is 2.72. The van der Waals surface area contributed by atoms with Gasteiger partial charge in [-0.1, -0.05) is 24.6 Å². The molecule has 0 amide bonds. The van der Waals surface area contributed by atoms with Crippen LogP contribution in [0.25, 0.3) is 0 Å². The van der Waals surface area contributed by atoms with Crippen molar-refractivity contribution in [3.63, 3.8) is 0 Å². The van der Waals surface area contributed by atoms with E-state index in [-0.39, 0.29) is 6.54 Å². The van der Waals surface area contributed by atoms with E-state index in [4.69, 9.17) is 21.4 Å². The Kier molecular flexibility index (Phi) is 6.69. The molecule has 128 valence electrons. The number of likely N-dealkylation sites (tertiary alicyclic amines) is 1. The first kappa shape index (κ1) is 18.0. The van der Waals surface area contributed by atoms with Gasteiger partial charge in [-0.3, -0.25) is 14.6 Å². The van der Waals surface area contributed by atoms with Gasteiger partial charge in [0.25, 0.3) is 0 Å². The van der Waals surface area contributed by atoms with Crippen molar-refractivity contribution < 1.29 is 14.6 Å². The van der Waals surface area contributed by atoms with E-state index in [2.05, 4.69) is 9.80 Å². The first-order valence-corrected chi connectivity index (χ1v) is 8.42. The molecule has 1 saturated heterocycles. The van der Waals surface area contributed by atoms with Gasteiger partial charge in [0, 0.05) is 12.6 Å². The summed E-state index contributed by atoms with van der Waals surface area (Å²) in [5, 5.41) is 9.62. The summed E-state index contributed by atoms with van der Waals surface area (Å²) in [6.07, 6.45) is 2.01. The second-order valence-electron chi connectivity index (χ2n) is 5.93. The van der Waals surface area contributed by atoms with Gasteiger partial charge in [0.15, 0.2) is 0 Å². The Bertz CT molecular complexity index is 531. The summed E-state index contributed by atoms with van der Waals surface area (Å²) in [5.41, 5.74) is 1.17. The minimum Gasteiger partial charge on any atom is -0.495 e. The molecule has 1 aromatic carbocycles. The molecule has 0 bridgehead atoms. The monoisotopic (exact) mass is 340 g/mol. The number of carboxylic acids is 1. The van der Waals surface area contributed by atoms with Crippen LogP contribution in [0.4, 0.5) is 0 Å². The van der Waals surface area contributed by atoms with Crippen LogP contribution in [0.1, 0.15) is 25.3 Å². The zero-order valence-electron chi connectivity index (χ0n) is 13.8. The van der Waals surface area contributed by atoms with E-state index in [1.807, 2.05) is 25.1 Å². The Balaban J connectivity index is 1.87. The first-order chi connectivity index (χ1) is 11.0. The molecular weight excluding hydrogens is 316 g/mol. The van der Waals surface area contributed by atoms with Crippen LogP contribution < -0.4 is 4.74 Å². The fourth-order valence-electron chi connectivity index (χ4n) is 3.18. The van der Waals surface area contributed by atoms with Crippen LogP contribution in [0, 0.1) is 0 Å². The summed E-state index contributed by atoms with van der Waals surface area (Å²) in [4.78, 5) is 15.4. The van der Waals surface area contributed by atoms with Crippen molar-refractivity contribution in [3.8, 4) is 5.75 Å². The second-order valence-corrected chi connectivity index (χ2v) is 6.34. The third kappa shape index (κ3) is 5.09. The van der Waals surface area contributed by atoms with Crippen LogP contribution in [0.3, 0.4) is 0 Å². The largest absolute Gasteiger partial charge is 0.495 e. The minimum atomic E-state index is -0.748. The Morgan fingerprint density at radius 2 is 2.13 bits per heavy atom. The highest BCUT2D eigenvalue weighted by Gasteiger charge is 2.25. The van der Waals surface area contributed by atoms with Crippen LogP contribution in [0.2, 0.25) is 5.02 Å². The number of carboxylic acid groups (broad SMARTS) is 1. The second kappa shape index (κ2) is 8.52. The van der Waals surface area contributed by atoms with Crippen LogP contribution >= 0.6 is 11.6 Å². The number of benzene rings is 1. The van der Waals surface area contributed by atoms with Gasteiger partial charge in [0.1, 0.15) is 5.75 Å². The molecule has 1 aliphatic heterocycles. The average Bonchev–Trinajstić information content (AvgIpc) is 2.53. The van der Waals surface area contributed by atoms with Crippen LogP contribution in [0.5, 0.6) is 5.75 Å². The molecule has 6 heteroatoms. The normalized spacial score (nSPS) is 16.7. The van der Waals surface area contributed by atoms with Crippen LogP contribution in [0.15, 0.2) is 18.2 Å². The summed E-state index contributed by atoms with van der Waals surface area (Å²) in [6.45, 7) is 5.76. The molecule has 0 spiro atoms. The molecule has 5 nitrogen and oxygen atoms in total. The molecular formula is C17H25ClN2O3. The molecule has 0 unspecified atom stereocenters. The molecule has 2 rings (SSSR count). The number of rotatable bonds is 7. The lowest BCUT2D eigenvalue weighted by Gasteiger charge is -2.37. The lowest BCUT2D eigenvalue weighted by Crippen LogP contribution is -2.46. The molecule has 0 aliphatic carbocycles. The van der Waals surface area contributed by atoms with Gasteiger partial charge in [-0.05, 0) is 50.2 Å². The van der Waals surface area contributed by atoms with Gasteiger partial charge in [0.2, 0.25) is 0 Å². The van der Waals surface area contributed by atoms with Crippen molar-refractivity contribution >= 4 is 17.6 Å². The maximum atomic E-state index is 10.9. The number of ether oxygens (including phenoxy) is 1. The zero-order valence-corrected chi connectivity index (χ0v) is 14.6. The molecule has 1 aliphatic rings. The maximum Gasteiger partial charge on any atom is 0.317 e. The molecule has 23 heavy (non-hydrogen) atoms. The third-order valence-corrected chi connectivity index (χ3v) is 4.74. The molecule has 1 N–H and O–H groups in total. The predicted molar refractivity (Wildman–Crippen MR) is 91.2 cm³/mol. The number of hydrogen-bond acceptors (Lipinski definition) is 4. The van der Waals surface area contributed by atoms with Crippen LogP contribution in [-0.4, -0.2) is 60.2 Å². The quantitative estimate of drug-likeness (QED) is 0.827. The smallest absolute Gasteiger partial charge is 0.317 e. The standard InChI is InChI=1S/C17H25ClN2O3/c1-3-20(12-17(21)22)14-6-8-19(9-7-14)11-13-4-5-16(23-2)15(18)10-13/h4-5,10,14H,3,6-9,11-12H2,1-2H3,(H,21,22). The number of likely N-dealkylation sites (N-methyl/N-ethyl adjacent to an activating group) is 1. The molecule has 0 aromatic heterocycles. The highest BCUT2D eigenvalue weighted by Crippen LogP contribution is 2.26. The average molecular weight is 341 g/mol. The van der Waals surface area contributed by atoms with Crippen molar-refractivity contribution in [3.05, 3.63) is 28.8 Å². The van der Waals surface area contributed by atoms with Gasteiger partial charge >= 0.3 is 5.97 Å². The van der Waals surface area contributed by atoms with Crippen molar-refractivity contribution in [1.82, 2.24) is 9.80 Å². The Morgan fingerprint density at radius 1 is 1.43 bits per heavy atom. The van der Waals surface area contributed by atoms with Crippen LogP contribution in [-0.2, 0) is 11.3 Å². The number of hydrogen-bond donors (Lipinski definition) is 1. The third-order valence-electron chi connectivity index (χ3n) is 4.44. The van der Waals surface area contributed by atoms with Gasteiger partial charge in [0.05, 0.1) is 18.7 Å². The minimum absolute atomic E-state index is 0.134. The van der Waals surface area contributed by atoms with E-state index in [0.29, 0.717) is 16.8 Å². The number of nitrogens with zero attached hydrogens (tertiary/aromatic N) is 2. The summed E-state index contributed by atoms with van der Waals surface area (Å²) >= 11 is 6.17. The van der Waals surface area contributed by atoms with Crippen molar-refractivity contribution in [2.45, 2.75) is 32.4 Å². The highest BCUT2D eigenvalue weighted by molar-refractivity contribution is 6.32. The molecule has 1 fully saturated rings. The highest BCUT2D eigenvalue weighted by atomic mass is 35.5. The van der Waals surface area contributed by atoms with Gasteiger partial charge in [-0.15, -0.1) is 0 Å². The molecule has 0 atom stereocenters. The lowest BCUT2D eigenvalue weighted by atomic mass is 10.0. The summed E-state index contributed by atoms with van der Waals surface area (Å²) in [5.74, 6) is -0.0523. The van der Waals surface area contributed by atoms with E-state index in [1.54, 1.807) is 7.11 Å². The number of halogens is 1.